The molecule has 0 aromatic heterocycles. The number of carbonyl (C=O) groups is 1. The van der Waals surface area contributed by atoms with Gasteiger partial charge in [0.05, 0.1) is 6.61 Å². The number of hydrogen-bond donors (Lipinski definition) is 1. The summed E-state index contributed by atoms with van der Waals surface area (Å²) >= 11 is 0. The Morgan fingerprint density at radius 1 is 1.10 bits per heavy atom. The van der Waals surface area contributed by atoms with Gasteiger partial charge in [0.25, 0.3) is 0 Å². The number of benzene rings is 1. The van der Waals surface area contributed by atoms with Gasteiger partial charge in [0, 0.05) is 32.7 Å². The highest BCUT2D eigenvalue weighted by molar-refractivity contribution is 5.76. The van der Waals surface area contributed by atoms with Crippen LogP contribution < -0.4 is 10.1 Å². The molecule has 6 heteroatoms. The topological polar surface area (TPSA) is 50.8 Å². The minimum absolute atomic E-state index is 0.112. The normalized spacial score (nSPS) is 23.7. The number of amides is 1. The van der Waals surface area contributed by atoms with E-state index in [1.807, 2.05) is 0 Å². The molecular weight excluding hydrogens is 371 g/mol. The minimum Gasteiger partial charge on any atom is -0.490 e. The quantitative estimate of drug-likeness (QED) is 0.678. The number of ether oxygens (including phenoxy) is 2. The minimum atomic E-state index is -0.227. The molecule has 0 atom stereocenters. The Hall–Kier alpha value is -1.66. The number of hydrogen-bond acceptors (Lipinski definition) is 4. The predicted octanol–water partition coefficient (Wildman–Crippen LogP) is 3.77. The number of piperidine rings is 1. The first kappa shape index (κ1) is 22.0. The summed E-state index contributed by atoms with van der Waals surface area (Å²) in [7, 11) is 1.62. The van der Waals surface area contributed by atoms with Gasteiger partial charge in [-0.3, -0.25) is 4.79 Å². The van der Waals surface area contributed by atoms with E-state index in [0.717, 1.165) is 57.0 Å². The first-order valence-corrected chi connectivity index (χ1v) is 11.0. The highest BCUT2D eigenvalue weighted by atomic mass is 19.1. The summed E-state index contributed by atoms with van der Waals surface area (Å²) in [5, 5.41) is 3.14. The Morgan fingerprint density at radius 3 is 2.45 bits per heavy atom. The largest absolute Gasteiger partial charge is 0.490 e. The summed E-state index contributed by atoms with van der Waals surface area (Å²) in [5.74, 6) is 1.42. The maximum absolute atomic E-state index is 13.0. The lowest BCUT2D eigenvalue weighted by molar-refractivity contribution is -0.122. The zero-order valence-corrected chi connectivity index (χ0v) is 17.6. The summed E-state index contributed by atoms with van der Waals surface area (Å²) in [6, 6.07) is 6.65. The Bertz CT molecular complexity index is 609. The molecule has 1 saturated heterocycles. The molecule has 0 unspecified atom stereocenters. The summed E-state index contributed by atoms with van der Waals surface area (Å²) in [6.07, 6.45) is 8.58. The van der Waals surface area contributed by atoms with Crippen LogP contribution in [-0.2, 0) is 9.53 Å². The fourth-order valence-corrected chi connectivity index (χ4v) is 4.41. The van der Waals surface area contributed by atoms with E-state index in [1.165, 1.54) is 31.4 Å². The highest BCUT2D eigenvalue weighted by Crippen LogP contribution is 2.28. The van der Waals surface area contributed by atoms with E-state index in [-0.39, 0.29) is 17.8 Å². The molecule has 2 aliphatic rings. The van der Waals surface area contributed by atoms with Gasteiger partial charge in [-0.1, -0.05) is 0 Å². The first-order chi connectivity index (χ1) is 14.1. The van der Waals surface area contributed by atoms with Crippen LogP contribution in [0, 0.1) is 11.7 Å². The van der Waals surface area contributed by atoms with Crippen LogP contribution >= 0.6 is 0 Å². The van der Waals surface area contributed by atoms with Crippen molar-refractivity contribution < 1.29 is 18.7 Å². The Balaban J connectivity index is 1.27. The smallest absolute Gasteiger partial charge is 0.222 e. The number of nitrogens with zero attached hydrogens (tertiary/aromatic N) is 1. The Morgan fingerprint density at radius 2 is 1.79 bits per heavy atom. The maximum Gasteiger partial charge on any atom is 0.222 e. The van der Waals surface area contributed by atoms with Crippen LogP contribution in [-0.4, -0.2) is 56.3 Å². The molecule has 1 aliphatic carbocycles. The van der Waals surface area contributed by atoms with E-state index in [9.17, 15) is 9.18 Å². The van der Waals surface area contributed by atoms with Gasteiger partial charge in [0.1, 0.15) is 17.7 Å². The summed E-state index contributed by atoms with van der Waals surface area (Å²) in [6.45, 7) is 3.78. The SMILES string of the molecule is COCCC(=O)N[C@H]1CC[C@H](CCN2CCC(Oc3ccc(F)cc3)CC2)CC1. The van der Waals surface area contributed by atoms with Crippen molar-refractivity contribution in [3.05, 3.63) is 30.1 Å². The molecule has 0 radical (unpaired) electrons. The van der Waals surface area contributed by atoms with Gasteiger partial charge >= 0.3 is 0 Å². The van der Waals surface area contributed by atoms with Gasteiger partial charge < -0.3 is 19.7 Å². The van der Waals surface area contributed by atoms with Crippen molar-refractivity contribution >= 4 is 5.91 Å². The fraction of sp³-hybridized carbons (Fsp3) is 0.696. The maximum atomic E-state index is 13.0. The standard InChI is InChI=1S/C23H35FN2O3/c1-28-17-13-23(27)25-20-6-2-18(3-7-20)10-14-26-15-11-22(12-16-26)29-21-8-4-19(24)5-9-21/h4-5,8-9,18,20,22H,2-3,6-7,10-17H2,1H3,(H,25,27)/t18-,20-. The van der Waals surface area contributed by atoms with Crippen LogP contribution in [0.3, 0.4) is 0 Å². The number of likely N-dealkylation sites (tertiary alicyclic amines) is 1. The second-order valence-corrected chi connectivity index (χ2v) is 8.43. The van der Waals surface area contributed by atoms with Gasteiger partial charge in [-0.2, -0.15) is 0 Å². The van der Waals surface area contributed by atoms with Gasteiger partial charge in [0.15, 0.2) is 0 Å². The van der Waals surface area contributed by atoms with Crippen LogP contribution in [0.15, 0.2) is 24.3 Å². The van der Waals surface area contributed by atoms with Crippen LogP contribution in [0.2, 0.25) is 0 Å². The average Bonchev–Trinajstić information content (AvgIpc) is 2.74. The molecular formula is C23H35FN2O3. The summed E-state index contributed by atoms with van der Waals surface area (Å²) in [5.41, 5.74) is 0. The molecule has 1 aliphatic heterocycles. The van der Waals surface area contributed by atoms with E-state index in [4.69, 9.17) is 9.47 Å². The molecule has 0 bridgehead atoms. The van der Waals surface area contributed by atoms with Crippen LogP contribution in [0.5, 0.6) is 5.75 Å². The highest BCUT2D eigenvalue weighted by Gasteiger charge is 2.24. The van der Waals surface area contributed by atoms with Crippen molar-refractivity contribution in [3.8, 4) is 5.75 Å². The molecule has 1 saturated carbocycles. The Labute approximate surface area is 173 Å². The first-order valence-electron chi connectivity index (χ1n) is 11.0. The van der Waals surface area contributed by atoms with Crippen LogP contribution in [0.25, 0.3) is 0 Å². The van der Waals surface area contributed by atoms with Crippen LogP contribution in [0.1, 0.15) is 51.4 Å². The second-order valence-electron chi connectivity index (χ2n) is 8.43. The molecule has 1 amide bonds. The van der Waals surface area contributed by atoms with Gasteiger partial charge in [-0.05, 0) is 81.7 Å². The van der Waals surface area contributed by atoms with E-state index in [2.05, 4.69) is 10.2 Å². The van der Waals surface area contributed by atoms with E-state index in [1.54, 1.807) is 19.2 Å². The number of nitrogens with one attached hydrogen (secondary N) is 1. The molecule has 1 aromatic rings. The van der Waals surface area contributed by atoms with E-state index >= 15 is 0 Å². The summed E-state index contributed by atoms with van der Waals surface area (Å²) in [4.78, 5) is 14.4. The zero-order chi connectivity index (χ0) is 20.5. The molecule has 1 heterocycles. The lowest BCUT2D eigenvalue weighted by Crippen LogP contribution is -2.40. The molecule has 5 nitrogen and oxygen atoms in total. The number of methoxy groups -OCH3 is 1. The van der Waals surface area contributed by atoms with Crippen molar-refractivity contribution in [3.63, 3.8) is 0 Å². The van der Waals surface area contributed by atoms with E-state index < -0.39 is 0 Å². The van der Waals surface area contributed by atoms with Crippen molar-refractivity contribution in [1.29, 1.82) is 0 Å². The van der Waals surface area contributed by atoms with Gasteiger partial charge in [-0.25, -0.2) is 4.39 Å². The molecule has 0 spiro atoms. The number of rotatable bonds is 9. The Kier molecular flexibility index (Phi) is 8.74. The number of halogens is 1. The fourth-order valence-electron chi connectivity index (χ4n) is 4.41. The van der Waals surface area contributed by atoms with Crippen molar-refractivity contribution in [1.82, 2.24) is 10.2 Å². The van der Waals surface area contributed by atoms with E-state index in [0.29, 0.717) is 19.1 Å². The third kappa shape index (κ3) is 7.59. The molecule has 3 rings (SSSR count). The van der Waals surface area contributed by atoms with Crippen molar-refractivity contribution in [2.45, 2.75) is 63.5 Å². The van der Waals surface area contributed by atoms with Gasteiger partial charge in [0.2, 0.25) is 5.91 Å². The monoisotopic (exact) mass is 406 g/mol. The predicted molar refractivity (Wildman–Crippen MR) is 111 cm³/mol. The third-order valence-electron chi connectivity index (χ3n) is 6.25. The molecule has 2 fully saturated rings. The second kappa shape index (κ2) is 11.5. The molecule has 1 N–H and O–H groups in total. The lowest BCUT2D eigenvalue weighted by atomic mass is 9.84. The molecule has 1 aromatic carbocycles. The third-order valence-corrected chi connectivity index (χ3v) is 6.25. The van der Waals surface area contributed by atoms with Crippen molar-refractivity contribution in [2.24, 2.45) is 5.92 Å². The van der Waals surface area contributed by atoms with Crippen LogP contribution in [0.4, 0.5) is 4.39 Å². The molecule has 29 heavy (non-hydrogen) atoms. The zero-order valence-electron chi connectivity index (χ0n) is 17.6. The number of carbonyl (C=O) groups excluding carboxylic acids is 1. The average molecular weight is 407 g/mol. The van der Waals surface area contributed by atoms with Crippen molar-refractivity contribution in [2.75, 3.05) is 33.4 Å². The van der Waals surface area contributed by atoms with Gasteiger partial charge in [-0.15, -0.1) is 0 Å². The lowest BCUT2D eigenvalue weighted by Gasteiger charge is -2.34. The molecule has 162 valence electrons. The summed E-state index contributed by atoms with van der Waals surface area (Å²) < 4.78 is 23.9.